The molecule has 2 heterocycles. The molecular formula is C16H22N2O. The molecule has 0 spiro atoms. The summed E-state index contributed by atoms with van der Waals surface area (Å²) in [6.45, 7) is 8.44. The lowest BCUT2D eigenvalue weighted by Crippen LogP contribution is -2.21. The zero-order valence-electron chi connectivity index (χ0n) is 11.7. The fourth-order valence-corrected chi connectivity index (χ4v) is 3.09. The van der Waals surface area contributed by atoms with E-state index in [1.54, 1.807) is 0 Å². The van der Waals surface area contributed by atoms with E-state index in [0.29, 0.717) is 6.54 Å². The third kappa shape index (κ3) is 2.28. The first-order chi connectivity index (χ1) is 9.19. The number of furan rings is 1. The van der Waals surface area contributed by atoms with Gasteiger partial charge in [0.05, 0.1) is 6.54 Å². The van der Waals surface area contributed by atoms with Crippen molar-refractivity contribution in [3.8, 4) is 0 Å². The Hall–Kier alpha value is -1.32. The van der Waals surface area contributed by atoms with Gasteiger partial charge in [0.2, 0.25) is 0 Å². The van der Waals surface area contributed by atoms with Crippen LogP contribution < -0.4 is 5.73 Å². The third-order valence-corrected chi connectivity index (χ3v) is 4.41. The van der Waals surface area contributed by atoms with E-state index >= 15 is 0 Å². The van der Waals surface area contributed by atoms with Gasteiger partial charge in [-0.25, -0.2) is 0 Å². The van der Waals surface area contributed by atoms with E-state index in [-0.39, 0.29) is 0 Å². The highest BCUT2D eigenvalue weighted by molar-refractivity contribution is 5.82. The molecular weight excluding hydrogens is 236 g/mol. The Morgan fingerprint density at radius 2 is 1.89 bits per heavy atom. The molecule has 1 aromatic carbocycles. The van der Waals surface area contributed by atoms with Crippen LogP contribution in [0.2, 0.25) is 0 Å². The Kier molecular flexibility index (Phi) is 3.33. The Morgan fingerprint density at radius 1 is 1.21 bits per heavy atom. The maximum Gasteiger partial charge on any atom is 0.134 e. The molecule has 3 rings (SSSR count). The molecule has 0 bridgehead atoms. The van der Waals surface area contributed by atoms with E-state index in [1.165, 1.54) is 24.0 Å². The minimum Gasteiger partial charge on any atom is -0.459 e. The Bertz CT molecular complexity index is 565. The SMILES string of the molecule is CC1CN(Cc2c(CN)oc3ccccc23)CC1C. The number of hydrogen-bond donors (Lipinski definition) is 1. The number of nitrogens with two attached hydrogens (primary N) is 1. The number of likely N-dealkylation sites (tertiary alicyclic amines) is 1. The first kappa shape index (κ1) is 12.7. The Morgan fingerprint density at radius 3 is 2.58 bits per heavy atom. The minimum atomic E-state index is 0.475. The molecule has 2 aromatic rings. The number of nitrogens with zero attached hydrogens (tertiary/aromatic N) is 1. The average Bonchev–Trinajstić information content (AvgIpc) is 2.92. The fraction of sp³-hybridized carbons (Fsp3) is 0.500. The van der Waals surface area contributed by atoms with E-state index in [1.807, 2.05) is 12.1 Å². The molecule has 0 aliphatic carbocycles. The molecule has 0 amide bonds. The van der Waals surface area contributed by atoms with Gasteiger partial charge in [-0.05, 0) is 17.9 Å². The lowest BCUT2D eigenvalue weighted by atomic mass is 10.0. The van der Waals surface area contributed by atoms with Crippen molar-refractivity contribution >= 4 is 11.0 Å². The van der Waals surface area contributed by atoms with Crippen molar-refractivity contribution in [2.45, 2.75) is 26.9 Å². The topological polar surface area (TPSA) is 42.4 Å². The lowest BCUT2D eigenvalue weighted by Gasteiger charge is -2.15. The predicted octanol–water partition coefficient (Wildman–Crippen LogP) is 2.98. The van der Waals surface area contributed by atoms with E-state index in [4.69, 9.17) is 10.2 Å². The highest BCUT2D eigenvalue weighted by atomic mass is 16.3. The first-order valence-corrected chi connectivity index (χ1v) is 7.10. The molecule has 1 aliphatic heterocycles. The predicted molar refractivity (Wildman–Crippen MR) is 77.7 cm³/mol. The quantitative estimate of drug-likeness (QED) is 0.920. The van der Waals surface area contributed by atoms with Gasteiger partial charge in [0.25, 0.3) is 0 Å². The summed E-state index contributed by atoms with van der Waals surface area (Å²) in [5, 5.41) is 1.22. The fourth-order valence-electron chi connectivity index (χ4n) is 3.09. The van der Waals surface area contributed by atoms with Gasteiger partial charge >= 0.3 is 0 Å². The zero-order valence-corrected chi connectivity index (χ0v) is 11.7. The van der Waals surface area contributed by atoms with Crippen LogP contribution in [0.4, 0.5) is 0 Å². The second-order valence-electron chi connectivity index (χ2n) is 5.85. The van der Waals surface area contributed by atoms with Gasteiger partial charge in [0, 0.05) is 30.6 Å². The molecule has 1 aromatic heterocycles. The summed E-state index contributed by atoms with van der Waals surface area (Å²) in [6, 6.07) is 8.23. The second-order valence-corrected chi connectivity index (χ2v) is 5.85. The first-order valence-electron chi connectivity index (χ1n) is 7.10. The maximum absolute atomic E-state index is 5.86. The largest absolute Gasteiger partial charge is 0.459 e. The van der Waals surface area contributed by atoms with Crippen molar-refractivity contribution in [1.29, 1.82) is 0 Å². The second kappa shape index (κ2) is 4.99. The highest BCUT2D eigenvalue weighted by Crippen LogP contribution is 2.30. The maximum atomic E-state index is 5.86. The molecule has 2 atom stereocenters. The summed E-state index contributed by atoms with van der Waals surface area (Å²) >= 11 is 0. The number of benzene rings is 1. The van der Waals surface area contributed by atoms with Crippen LogP contribution >= 0.6 is 0 Å². The van der Waals surface area contributed by atoms with Gasteiger partial charge in [0.15, 0.2) is 0 Å². The van der Waals surface area contributed by atoms with Crippen molar-refractivity contribution in [2.75, 3.05) is 13.1 Å². The zero-order chi connectivity index (χ0) is 13.4. The summed E-state index contributed by atoms with van der Waals surface area (Å²) in [6.07, 6.45) is 0. The van der Waals surface area contributed by atoms with E-state index < -0.39 is 0 Å². The number of fused-ring (bicyclic) bond motifs is 1. The molecule has 0 saturated carbocycles. The average molecular weight is 258 g/mol. The van der Waals surface area contributed by atoms with Gasteiger partial charge in [-0.2, -0.15) is 0 Å². The van der Waals surface area contributed by atoms with Crippen LogP contribution in [0.5, 0.6) is 0 Å². The van der Waals surface area contributed by atoms with E-state index in [0.717, 1.165) is 29.7 Å². The molecule has 2 unspecified atom stereocenters. The van der Waals surface area contributed by atoms with Crippen molar-refractivity contribution in [2.24, 2.45) is 17.6 Å². The van der Waals surface area contributed by atoms with Crippen LogP contribution in [-0.4, -0.2) is 18.0 Å². The van der Waals surface area contributed by atoms with E-state index in [2.05, 4.69) is 30.9 Å². The molecule has 1 saturated heterocycles. The standard InChI is InChI=1S/C16H22N2O/c1-11-8-18(9-12(11)2)10-14-13-5-3-4-6-15(13)19-16(14)7-17/h3-6,11-12H,7-10,17H2,1-2H3. The molecule has 1 fully saturated rings. The molecule has 3 nitrogen and oxygen atoms in total. The van der Waals surface area contributed by atoms with Crippen molar-refractivity contribution in [1.82, 2.24) is 4.90 Å². The minimum absolute atomic E-state index is 0.475. The Labute approximate surface area is 114 Å². The molecule has 0 radical (unpaired) electrons. The smallest absolute Gasteiger partial charge is 0.134 e. The summed E-state index contributed by atoms with van der Waals surface area (Å²) < 4.78 is 5.86. The molecule has 3 heteroatoms. The number of hydrogen-bond acceptors (Lipinski definition) is 3. The lowest BCUT2D eigenvalue weighted by molar-refractivity contribution is 0.314. The van der Waals surface area contributed by atoms with Crippen LogP contribution in [0, 0.1) is 11.8 Å². The normalized spacial score (nSPS) is 24.4. The van der Waals surface area contributed by atoms with Crippen LogP contribution in [-0.2, 0) is 13.1 Å². The summed E-state index contributed by atoms with van der Waals surface area (Å²) in [4.78, 5) is 2.52. The van der Waals surface area contributed by atoms with Crippen LogP contribution in [0.1, 0.15) is 25.2 Å². The van der Waals surface area contributed by atoms with Crippen LogP contribution in [0.3, 0.4) is 0 Å². The van der Waals surface area contributed by atoms with Gasteiger partial charge in [0.1, 0.15) is 11.3 Å². The van der Waals surface area contributed by atoms with E-state index in [9.17, 15) is 0 Å². The van der Waals surface area contributed by atoms with Crippen LogP contribution in [0.25, 0.3) is 11.0 Å². The third-order valence-electron chi connectivity index (χ3n) is 4.41. The van der Waals surface area contributed by atoms with Crippen molar-refractivity contribution < 1.29 is 4.42 Å². The molecule has 2 N–H and O–H groups in total. The summed E-state index contributed by atoms with van der Waals surface area (Å²) in [5.41, 5.74) is 8.06. The molecule has 102 valence electrons. The monoisotopic (exact) mass is 258 g/mol. The Balaban J connectivity index is 1.91. The van der Waals surface area contributed by atoms with Gasteiger partial charge in [-0.3, -0.25) is 4.90 Å². The number of para-hydroxylation sites is 1. The molecule has 1 aliphatic rings. The summed E-state index contributed by atoms with van der Waals surface area (Å²) in [5.74, 6) is 2.49. The van der Waals surface area contributed by atoms with Gasteiger partial charge in [-0.1, -0.05) is 32.0 Å². The van der Waals surface area contributed by atoms with Crippen molar-refractivity contribution in [3.63, 3.8) is 0 Å². The number of rotatable bonds is 3. The van der Waals surface area contributed by atoms with Crippen molar-refractivity contribution in [3.05, 3.63) is 35.6 Å². The van der Waals surface area contributed by atoms with Gasteiger partial charge in [-0.15, -0.1) is 0 Å². The van der Waals surface area contributed by atoms with Crippen LogP contribution in [0.15, 0.2) is 28.7 Å². The summed E-state index contributed by atoms with van der Waals surface area (Å²) in [7, 11) is 0. The van der Waals surface area contributed by atoms with Gasteiger partial charge < -0.3 is 10.2 Å². The molecule has 19 heavy (non-hydrogen) atoms. The highest BCUT2D eigenvalue weighted by Gasteiger charge is 2.27.